The van der Waals surface area contributed by atoms with E-state index in [9.17, 15) is 0 Å². The van der Waals surface area contributed by atoms with Crippen LogP contribution in [0, 0.1) is 0 Å². The molecule has 0 atom stereocenters. The summed E-state index contributed by atoms with van der Waals surface area (Å²) in [5, 5.41) is 0. The van der Waals surface area contributed by atoms with Crippen LogP contribution in [0.5, 0.6) is 0 Å². The Morgan fingerprint density at radius 2 is 2.00 bits per heavy atom. The first-order valence-corrected chi connectivity index (χ1v) is 5.47. The molecule has 1 aromatic carbocycles. The lowest BCUT2D eigenvalue weighted by Gasteiger charge is -2.04. The fourth-order valence-electron chi connectivity index (χ4n) is 1.90. The molecular formula is C13H12N4. The molecular weight excluding hydrogens is 212 g/mol. The lowest BCUT2D eigenvalue weighted by Crippen LogP contribution is -2.01. The number of aromatic nitrogens is 3. The fourth-order valence-corrected chi connectivity index (χ4v) is 1.90. The molecule has 0 fully saturated rings. The highest BCUT2D eigenvalue weighted by Crippen LogP contribution is 2.24. The molecule has 0 saturated carbocycles. The van der Waals surface area contributed by atoms with Gasteiger partial charge in [0.2, 0.25) is 0 Å². The summed E-state index contributed by atoms with van der Waals surface area (Å²) in [5.41, 5.74) is 10.3. The fraction of sp³-hybridized carbons (Fsp3) is 0.0769. The highest BCUT2D eigenvalue weighted by Gasteiger charge is 2.09. The van der Waals surface area contributed by atoms with E-state index >= 15 is 0 Å². The molecule has 84 valence electrons. The van der Waals surface area contributed by atoms with E-state index in [0.29, 0.717) is 6.54 Å². The molecule has 0 unspecified atom stereocenters. The maximum absolute atomic E-state index is 5.66. The van der Waals surface area contributed by atoms with Crippen molar-refractivity contribution in [3.63, 3.8) is 0 Å². The van der Waals surface area contributed by atoms with Gasteiger partial charge in [0.05, 0.1) is 23.2 Å². The number of imidazole rings is 1. The summed E-state index contributed by atoms with van der Waals surface area (Å²) < 4.78 is 0. The van der Waals surface area contributed by atoms with Gasteiger partial charge in [-0.2, -0.15) is 0 Å². The first kappa shape index (κ1) is 9.99. The van der Waals surface area contributed by atoms with Crippen molar-refractivity contribution in [2.75, 3.05) is 0 Å². The van der Waals surface area contributed by atoms with Crippen molar-refractivity contribution in [2.45, 2.75) is 6.54 Å². The van der Waals surface area contributed by atoms with Crippen LogP contribution in [0.3, 0.4) is 0 Å². The van der Waals surface area contributed by atoms with Crippen molar-refractivity contribution in [1.29, 1.82) is 0 Å². The van der Waals surface area contributed by atoms with Crippen molar-refractivity contribution in [3.05, 3.63) is 48.4 Å². The predicted molar refractivity (Wildman–Crippen MR) is 67.2 cm³/mol. The van der Waals surface area contributed by atoms with Crippen LogP contribution in [0.25, 0.3) is 22.3 Å². The highest BCUT2D eigenvalue weighted by atomic mass is 14.9. The minimum Gasteiger partial charge on any atom is -0.344 e. The van der Waals surface area contributed by atoms with Crippen LogP contribution in [-0.4, -0.2) is 15.0 Å². The second-order valence-corrected chi connectivity index (χ2v) is 3.83. The van der Waals surface area contributed by atoms with Crippen molar-refractivity contribution in [1.82, 2.24) is 15.0 Å². The Balaban J connectivity index is 2.30. The van der Waals surface area contributed by atoms with Gasteiger partial charge in [-0.05, 0) is 6.07 Å². The molecule has 17 heavy (non-hydrogen) atoms. The van der Waals surface area contributed by atoms with Crippen LogP contribution in [0.2, 0.25) is 0 Å². The van der Waals surface area contributed by atoms with Gasteiger partial charge >= 0.3 is 0 Å². The standard InChI is InChI=1S/C13H12N4/c14-7-10-6-11-13(16-8-15-11)12(17-10)9-4-2-1-3-5-9/h1-6,8H,7,14H2,(H,15,16). The number of hydrogen-bond donors (Lipinski definition) is 2. The molecule has 2 aromatic heterocycles. The Morgan fingerprint density at radius 3 is 2.76 bits per heavy atom. The number of benzene rings is 1. The number of H-pyrrole nitrogens is 1. The van der Waals surface area contributed by atoms with E-state index < -0.39 is 0 Å². The zero-order valence-corrected chi connectivity index (χ0v) is 9.22. The van der Waals surface area contributed by atoms with Gasteiger partial charge < -0.3 is 10.7 Å². The van der Waals surface area contributed by atoms with Crippen LogP contribution < -0.4 is 5.73 Å². The molecule has 0 bridgehead atoms. The van der Waals surface area contributed by atoms with Crippen molar-refractivity contribution in [3.8, 4) is 11.3 Å². The molecule has 3 N–H and O–H groups in total. The van der Waals surface area contributed by atoms with Crippen LogP contribution in [-0.2, 0) is 6.54 Å². The van der Waals surface area contributed by atoms with Crippen LogP contribution in [0.4, 0.5) is 0 Å². The van der Waals surface area contributed by atoms with E-state index in [0.717, 1.165) is 28.0 Å². The average molecular weight is 224 g/mol. The first-order chi connectivity index (χ1) is 8.38. The third-order valence-corrected chi connectivity index (χ3v) is 2.72. The van der Waals surface area contributed by atoms with E-state index in [-0.39, 0.29) is 0 Å². The Kier molecular flexibility index (Phi) is 2.34. The molecule has 3 rings (SSSR count). The quantitative estimate of drug-likeness (QED) is 0.700. The van der Waals surface area contributed by atoms with E-state index in [2.05, 4.69) is 15.0 Å². The smallest absolute Gasteiger partial charge is 0.115 e. The molecule has 0 saturated heterocycles. The van der Waals surface area contributed by atoms with E-state index in [4.69, 9.17) is 5.73 Å². The summed E-state index contributed by atoms with van der Waals surface area (Å²) in [6.45, 7) is 0.425. The lowest BCUT2D eigenvalue weighted by atomic mass is 10.1. The SMILES string of the molecule is NCc1cc2[nH]cnc2c(-c2ccccc2)n1. The minimum absolute atomic E-state index is 0.425. The normalized spacial score (nSPS) is 10.9. The Morgan fingerprint density at radius 1 is 1.18 bits per heavy atom. The van der Waals surface area contributed by atoms with Gasteiger partial charge in [0.25, 0.3) is 0 Å². The van der Waals surface area contributed by atoms with Crippen LogP contribution >= 0.6 is 0 Å². The Hall–Kier alpha value is -2.20. The number of nitrogens with one attached hydrogen (secondary N) is 1. The average Bonchev–Trinajstić information content (AvgIpc) is 2.86. The van der Waals surface area contributed by atoms with Gasteiger partial charge in [-0.25, -0.2) is 9.97 Å². The summed E-state index contributed by atoms with van der Waals surface area (Å²) in [5.74, 6) is 0. The number of aromatic amines is 1. The largest absolute Gasteiger partial charge is 0.344 e. The zero-order chi connectivity index (χ0) is 11.7. The number of fused-ring (bicyclic) bond motifs is 1. The summed E-state index contributed by atoms with van der Waals surface area (Å²) >= 11 is 0. The maximum atomic E-state index is 5.66. The minimum atomic E-state index is 0.425. The van der Waals surface area contributed by atoms with E-state index in [1.54, 1.807) is 6.33 Å². The van der Waals surface area contributed by atoms with Gasteiger partial charge in [-0.15, -0.1) is 0 Å². The number of nitrogens with two attached hydrogens (primary N) is 1. The third-order valence-electron chi connectivity index (χ3n) is 2.72. The molecule has 0 aliphatic rings. The topological polar surface area (TPSA) is 67.6 Å². The number of hydrogen-bond acceptors (Lipinski definition) is 3. The molecule has 0 spiro atoms. The van der Waals surface area contributed by atoms with Crippen molar-refractivity contribution < 1.29 is 0 Å². The second kappa shape index (κ2) is 3.99. The summed E-state index contributed by atoms with van der Waals surface area (Å²) in [6.07, 6.45) is 1.68. The van der Waals surface area contributed by atoms with E-state index in [1.807, 2.05) is 36.4 Å². The number of pyridine rings is 1. The van der Waals surface area contributed by atoms with E-state index in [1.165, 1.54) is 0 Å². The Bertz CT molecular complexity index is 643. The zero-order valence-electron chi connectivity index (χ0n) is 9.22. The van der Waals surface area contributed by atoms with Gasteiger partial charge in [0.1, 0.15) is 5.52 Å². The molecule has 0 amide bonds. The molecule has 4 nitrogen and oxygen atoms in total. The predicted octanol–water partition coefficient (Wildman–Crippen LogP) is 2.08. The second-order valence-electron chi connectivity index (χ2n) is 3.83. The monoisotopic (exact) mass is 224 g/mol. The van der Waals surface area contributed by atoms with Gasteiger partial charge in [0.15, 0.2) is 0 Å². The molecule has 2 heterocycles. The molecule has 0 aliphatic carbocycles. The van der Waals surface area contributed by atoms with Gasteiger partial charge in [-0.1, -0.05) is 30.3 Å². The molecule has 0 aliphatic heterocycles. The summed E-state index contributed by atoms with van der Waals surface area (Å²) in [4.78, 5) is 12.0. The Labute approximate surface area is 98.5 Å². The third kappa shape index (κ3) is 1.68. The highest BCUT2D eigenvalue weighted by molar-refractivity contribution is 5.89. The molecule has 4 heteroatoms. The van der Waals surface area contributed by atoms with Crippen molar-refractivity contribution >= 4 is 11.0 Å². The maximum Gasteiger partial charge on any atom is 0.115 e. The molecule has 3 aromatic rings. The number of nitrogens with zero attached hydrogens (tertiary/aromatic N) is 2. The van der Waals surface area contributed by atoms with Crippen LogP contribution in [0.15, 0.2) is 42.7 Å². The van der Waals surface area contributed by atoms with Crippen LogP contribution in [0.1, 0.15) is 5.69 Å². The van der Waals surface area contributed by atoms with Gasteiger partial charge in [0, 0.05) is 12.1 Å². The van der Waals surface area contributed by atoms with Gasteiger partial charge in [-0.3, -0.25) is 0 Å². The number of rotatable bonds is 2. The lowest BCUT2D eigenvalue weighted by molar-refractivity contribution is 0.999. The summed E-state index contributed by atoms with van der Waals surface area (Å²) in [7, 11) is 0. The van der Waals surface area contributed by atoms with Crippen molar-refractivity contribution in [2.24, 2.45) is 5.73 Å². The molecule has 0 radical (unpaired) electrons. The summed E-state index contributed by atoms with van der Waals surface area (Å²) in [6, 6.07) is 12.0. The first-order valence-electron chi connectivity index (χ1n) is 5.47.